The van der Waals surface area contributed by atoms with Crippen LogP contribution in [0.25, 0.3) is 10.9 Å². The number of carbonyl (C=O) groups excluding carboxylic acids is 1. The third-order valence-corrected chi connectivity index (χ3v) is 8.46. The van der Waals surface area contributed by atoms with Crippen LogP contribution in [0.1, 0.15) is 35.3 Å². The van der Waals surface area contributed by atoms with Crippen molar-refractivity contribution in [1.82, 2.24) is 10.3 Å². The number of fused-ring (bicyclic) bond motifs is 5. The number of nitrogens with two attached hydrogens (primary N) is 1. The van der Waals surface area contributed by atoms with Crippen LogP contribution in [0, 0.1) is 11.7 Å². The monoisotopic (exact) mass is 528 g/mol. The van der Waals surface area contributed by atoms with Crippen LogP contribution in [0.3, 0.4) is 0 Å². The number of nitrogens with one attached hydrogen (secondary N) is 2. The summed E-state index contributed by atoms with van der Waals surface area (Å²) >= 11 is 5.16. The van der Waals surface area contributed by atoms with Gasteiger partial charge in [0.15, 0.2) is 5.17 Å². The van der Waals surface area contributed by atoms with E-state index in [1.54, 1.807) is 23.9 Å². The fourth-order valence-corrected chi connectivity index (χ4v) is 6.88. The van der Waals surface area contributed by atoms with Gasteiger partial charge in [-0.1, -0.05) is 27.7 Å². The first kappa shape index (κ1) is 21.0. The lowest BCUT2D eigenvalue weighted by Gasteiger charge is -2.48. The summed E-state index contributed by atoms with van der Waals surface area (Å²) in [5, 5.41) is 4.46. The molecule has 0 bridgehead atoms. The highest BCUT2D eigenvalue weighted by Crippen LogP contribution is 2.54. The van der Waals surface area contributed by atoms with Gasteiger partial charge in [0.1, 0.15) is 28.9 Å². The van der Waals surface area contributed by atoms with Gasteiger partial charge in [-0.15, -0.1) is 0 Å². The average Bonchev–Trinajstić information content (AvgIpc) is 3.39. The number of carbonyl (C=O) groups is 1. The van der Waals surface area contributed by atoms with E-state index in [2.05, 4.69) is 32.3 Å². The fraction of sp³-hybridized carbons (Fsp3) is 0.333. The third kappa shape index (κ3) is 3.52. The molecule has 3 aliphatic rings. The van der Waals surface area contributed by atoms with Crippen molar-refractivity contribution in [2.75, 3.05) is 5.75 Å². The quantitative estimate of drug-likeness (QED) is 0.450. The molecule has 6 rings (SSSR count). The first-order chi connectivity index (χ1) is 15.9. The summed E-state index contributed by atoms with van der Waals surface area (Å²) < 4.78 is 20.9. The van der Waals surface area contributed by atoms with Crippen molar-refractivity contribution >= 4 is 49.7 Å². The molecule has 0 radical (unpaired) electrons. The lowest BCUT2D eigenvalue weighted by molar-refractivity contribution is 0.0155. The predicted octanol–water partition coefficient (Wildman–Crippen LogP) is 4.69. The summed E-state index contributed by atoms with van der Waals surface area (Å²) in [6.07, 6.45) is 2.41. The maximum atomic E-state index is 13.5. The summed E-state index contributed by atoms with van der Waals surface area (Å²) in [4.78, 5) is 21.1. The molecule has 2 aromatic carbocycles. The number of aromatic nitrogens is 1. The molecule has 1 unspecified atom stereocenters. The minimum absolute atomic E-state index is 0.0156. The van der Waals surface area contributed by atoms with Crippen LogP contribution in [-0.2, 0) is 5.54 Å². The lowest BCUT2D eigenvalue weighted by atomic mass is 9.67. The molecule has 2 aliphatic heterocycles. The number of nitrogens with zero attached hydrogens (tertiary/aromatic N) is 1. The van der Waals surface area contributed by atoms with E-state index in [9.17, 15) is 9.18 Å². The molecule has 1 aliphatic carbocycles. The van der Waals surface area contributed by atoms with Crippen LogP contribution in [0.4, 0.5) is 4.39 Å². The molecular weight excluding hydrogens is 507 g/mol. The Bertz CT molecular complexity index is 1310. The predicted molar refractivity (Wildman–Crippen MR) is 131 cm³/mol. The van der Waals surface area contributed by atoms with Crippen LogP contribution >= 0.6 is 27.7 Å². The highest BCUT2D eigenvalue weighted by molar-refractivity contribution is 9.10. The number of rotatable bonds is 2. The Labute approximate surface area is 202 Å². The van der Waals surface area contributed by atoms with E-state index in [-0.39, 0.29) is 29.8 Å². The Morgan fingerprint density at radius 1 is 1.27 bits per heavy atom. The molecule has 1 fully saturated rings. The number of aliphatic imine (C=N–C) groups is 1. The van der Waals surface area contributed by atoms with Crippen molar-refractivity contribution in [3.63, 3.8) is 0 Å². The van der Waals surface area contributed by atoms with Crippen LogP contribution in [0.2, 0.25) is 0 Å². The largest absolute Gasteiger partial charge is 0.490 e. The van der Waals surface area contributed by atoms with Gasteiger partial charge in [0.05, 0.1) is 0 Å². The van der Waals surface area contributed by atoms with Gasteiger partial charge in [0.2, 0.25) is 0 Å². The maximum absolute atomic E-state index is 13.5. The Kier molecular flexibility index (Phi) is 4.95. The number of hydrogen-bond acceptors (Lipinski definition) is 5. The van der Waals surface area contributed by atoms with Gasteiger partial charge in [0.25, 0.3) is 5.91 Å². The molecule has 1 amide bonds. The third-order valence-electron chi connectivity index (χ3n) is 7.00. The number of halogens is 2. The van der Waals surface area contributed by atoms with Crippen molar-refractivity contribution in [3.8, 4) is 5.75 Å². The second-order valence-electron chi connectivity index (χ2n) is 8.96. The van der Waals surface area contributed by atoms with E-state index in [1.165, 1.54) is 12.1 Å². The lowest BCUT2D eigenvalue weighted by Crippen LogP contribution is -2.54. The second kappa shape index (κ2) is 7.77. The van der Waals surface area contributed by atoms with Crippen molar-refractivity contribution in [3.05, 3.63) is 64.0 Å². The van der Waals surface area contributed by atoms with Gasteiger partial charge in [0, 0.05) is 38.7 Å². The first-order valence-electron chi connectivity index (χ1n) is 11.0. The highest BCUT2D eigenvalue weighted by Gasteiger charge is 2.54. The Morgan fingerprint density at radius 3 is 2.97 bits per heavy atom. The van der Waals surface area contributed by atoms with Crippen molar-refractivity contribution in [2.45, 2.75) is 36.9 Å². The van der Waals surface area contributed by atoms with E-state index < -0.39 is 5.54 Å². The molecule has 3 aromatic rings. The molecule has 4 atom stereocenters. The van der Waals surface area contributed by atoms with E-state index in [0.717, 1.165) is 46.3 Å². The Hall–Kier alpha value is -2.52. The standard InChI is InChI=1S/C24H22BrFN4O2S/c25-13-1-5-20-16(9-13)24(11-33-23(27)30-24)17-10-15(3-6-21(17)32-20)28-22(31)19-8-12-7-14(26)2-4-18(12)29-19/h1-2,4-5,7-9,15,17,21,29H,3,6,10-11H2,(H2,27,30)(H,28,31)/t15-,17-,21-,24?/m0/s1. The molecule has 6 nitrogen and oxygen atoms in total. The van der Waals surface area contributed by atoms with Gasteiger partial charge in [-0.2, -0.15) is 0 Å². The average molecular weight is 529 g/mol. The number of H-pyrrole nitrogens is 1. The van der Waals surface area contributed by atoms with Gasteiger partial charge < -0.3 is 20.8 Å². The number of ether oxygens (including phenoxy) is 1. The van der Waals surface area contributed by atoms with E-state index in [0.29, 0.717) is 16.2 Å². The zero-order valence-electron chi connectivity index (χ0n) is 17.6. The second-order valence-corrected chi connectivity index (χ2v) is 10.9. The number of benzene rings is 2. The number of amidine groups is 1. The molecule has 1 spiro atoms. The van der Waals surface area contributed by atoms with Crippen LogP contribution in [-0.4, -0.2) is 34.0 Å². The zero-order valence-corrected chi connectivity index (χ0v) is 20.0. The van der Waals surface area contributed by atoms with Gasteiger partial charge in [-0.3, -0.25) is 4.79 Å². The molecule has 9 heteroatoms. The SMILES string of the molecule is NC1=NC2(CS1)c1cc(Br)ccc1O[C@H]1CC[C@H](NC(=O)c3cc4cc(F)ccc4[nH]3)C[C@@H]12. The first-order valence-corrected chi connectivity index (χ1v) is 12.7. The molecule has 4 N–H and O–H groups in total. The normalized spacial score (nSPS) is 28.2. The minimum atomic E-state index is -0.460. The molecule has 3 heterocycles. The number of hydrogen-bond donors (Lipinski definition) is 3. The van der Waals surface area contributed by atoms with E-state index in [4.69, 9.17) is 15.5 Å². The highest BCUT2D eigenvalue weighted by atomic mass is 79.9. The maximum Gasteiger partial charge on any atom is 0.267 e. The fourth-order valence-electron chi connectivity index (χ4n) is 5.49. The summed E-state index contributed by atoms with van der Waals surface area (Å²) in [6, 6.07) is 12.2. The van der Waals surface area contributed by atoms with Crippen molar-refractivity contribution in [2.24, 2.45) is 16.6 Å². The molecule has 170 valence electrons. The van der Waals surface area contributed by atoms with Crippen molar-refractivity contribution in [1.29, 1.82) is 0 Å². The molecule has 1 aromatic heterocycles. The van der Waals surface area contributed by atoms with E-state index in [1.807, 2.05) is 12.1 Å². The number of aromatic amines is 1. The van der Waals surface area contributed by atoms with E-state index >= 15 is 0 Å². The molecule has 33 heavy (non-hydrogen) atoms. The zero-order chi connectivity index (χ0) is 22.7. The summed E-state index contributed by atoms with van der Waals surface area (Å²) in [6.45, 7) is 0. The number of amides is 1. The van der Waals surface area contributed by atoms with Crippen LogP contribution in [0.5, 0.6) is 5.75 Å². The molecule has 1 saturated carbocycles. The summed E-state index contributed by atoms with van der Waals surface area (Å²) in [5.74, 6) is 1.22. The van der Waals surface area contributed by atoms with Gasteiger partial charge in [-0.25, -0.2) is 9.38 Å². The minimum Gasteiger partial charge on any atom is -0.490 e. The Morgan fingerprint density at radius 2 is 2.15 bits per heavy atom. The molecular formula is C24H22BrFN4O2S. The smallest absolute Gasteiger partial charge is 0.267 e. The number of thioether (sulfide) groups is 1. The topological polar surface area (TPSA) is 92.5 Å². The summed E-state index contributed by atoms with van der Waals surface area (Å²) in [7, 11) is 0. The Balaban J connectivity index is 1.28. The summed E-state index contributed by atoms with van der Waals surface area (Å²) in [5.41, 5.74) is 7.91. The van der Waals surface area contributed by atoms with Crippen LogP contribution < -0.4 is 15.8 Å². The van der Waals surface area contributed by atoms with Gasteiger partial charge >= 0.3 is 0 Å². The van der Waals surface area contributed by atoms with Crippen molar-refractivity contribution < 1.29 is 13.9 Å². The molecule has 0 saturated heterocycles. The van der Waals surface area contributed by atoms with Gasteiger partial charge in [-0.05, 0) is 61.7 Å². The van der Waals surface area contributed by atoms with Crippen LogP contribution in [0.15, 0.2) is 51.9 Å².